The van der Waals surface area contributed by atoms with Gasteiger partial charge in [-0.2, -0.15) is 0 Å². The Kier molecular flexibility index (Phi) is 4.54. The third-order valence-corrected chi connectivity index (χ3v) is 2.80. The first-order valence-corrected chi connectivity index (χ1v) is 5.96. The van der Waals surface area contributed by atoms with Gasteiger partial charge in [-0.15, -0.1) is 0 Å². The first-order valence-electron chi connectivity index (χ1n) is 5.96. The van der Waals surface area contributed by atoms with Gasteiger partial charge < -0.3 is 19.3 Å². The second-order valence-electron chi connectivity index (χ2n) is 4.21. The van der Waals surface area contributed by atoms with Gasteiger partial charge in [-0.1, -0.05) is 6.07 Å². The van der Waals surface area contributed by atoms with Gasteiger partial charge in [-0.3, -0.25) is 0 Å². The molecular weight excluding hydrogens is 248 g/mol. The number of methoxy groups -OCH3 is 1. The van der Waals surface area contributed by atoms with Crippen molar-refractivity contribution >= 4 is 12.0 Å². The van der Waals surface area contributed by atoms with Gasteiger partial charge in [0, 0.05) is 11.6 Å². The fourth-order valence-electron chi connectivity index (χ4n) is 1.70. The summed E-state index contributed by atoms with van der Waals surface area (Å²) < 4.78 is 15.9. The molecule has 0 aromatic heterocycles. The Morgan fingerprint density at radius 1 is 1.53 bits per heavy atom. The van der Waals surface area contributed by atoms with Crippen molar-refractivity contribution in [3.05, 3.63) is 35.4 Å². The minimum Gasteiger partial charge on any atom is -0.496 e. The molecule has 1 fully saturated rings. The summed E-state index contributed by atoms with van der Waals surface area (Å²) in [6.45, 7) is 1.67. The summed E-state index contributed by atoms with van der Waals surface area (Å²) in [5.41, 5.74) is 1.69. The molecule has 0 aliphatic carbocycles. The highest BCUT2D eigenvalue weighted by molar-refractivity contribution is 5.85. The van der Waals surface area contributed by atoms with Crippen LogP contribution in [0.4, 0.5) is 0 Å². The smallest absolute Gasteiger partial charge is 0.328 e. The molecule has 0 saturated carbocycles. The van der Waals surface area contributed by atoms with E-state index in [9.17, 15) is 4.79 Å². The lowest BCUT2D eigenvalue weighted by molar-refractivity contribution is -0.135. The predicted molar refractivity (Wildman–Crippen MR) is 69.1 cm³/mol. The van der Waals surface area contributed by atoms with Crippen molar-refractivity contribution in [1.82, 2.24) is 0 Å². The monoisotopic (exact) mass is 264 g/mol. The van der Waals surface area contributed by atoms with Crippen molar-refractivity contribution in [1.29, 1.82) is 0 Å². The number of benzene rings is 1. The van der Waals surface area contributed by atoms with Crippen LogP contribution in [0.5, 0.6) is 5.75 Å². The quantitative estimate of drug-likeness (QED) is 0.792. The molecule has 1 N–H and O–H groups in total. The number of hydrogen-bond acceptors (Lipinski definition) is 4. The predicted octanol–water partition coefficient (Wildman–Crippen LogP) is 1.71. The second-order valence-corrected chi connectivity index (χ2v) is 4.21. The Morgan fingerprint density at radius 2 is 2.32 bits per heavy atom. The molecule has 5 heteroatoms. The Labute approximate surface area is 111 Å². The first kappa shape index (κ1) is 13.6. The molecule has 0 amide bonds. The number of carbonyl (C=O) groups is 1. The third kappa shape index (κ3) is 3.81. The molecule has 1 saturated heterocycles. The molecule has 2 rings (SSSR count). The van der Waals surface area contributed by atoms with Crippen molar-refractivity contribution < 1.29 is 24.1 Å². The highest BCUT2D eigenvalue weighted by atomic mass is 16.6. The Morgan fingerprint density at radius 3 is 2.89 bits per heavy atom. The molecule has 0 spiro atoms. The van der Waals surface area contributed by atoms with E-state index in [0.717, 1.165) is 23.0 Å². The van der Waals surface area contributed by atoms with Gasteiger partial charge in [0.05, 0.1) is 26.9 Å². The van der Waals surface area contributed by atoms with Crippen molar-refractivity contribution in [3.8, 4) is 5.75 Å². The maximum absolute atomic E-state index is 10.5. The zero-order chi connectivity index (χ0) is 13.7. The van der Waals surface area contributed by atoms with Crippen molar-refractivity contribution in [2.45, 2.75) is 12.7 Å². The average Bonchev–Trinajstić information content (AvgIpc) is 2.34. The molecule has 0 atom stereocenters. The summed E-state index contributed by atoms with van der Waals surface area (Å²) in [4.78, 5) is 10.5. The molecule has 102 valence electrons. The molecule has 1 aromatic carbocycles. The van der Waals surface area contributed by atoms with Crippen LogP contribution in [0.25, 0.3) is 6.08 Å². The SMILES string of the molecule is COc1ccc(/C=C/C(=O)O)cc1COC1COC1. The van der Waals surface area contributed by atoms with Gasteiger partial charge in [-0.25, -0.2) is 4.79 Å². The Hall–Kier alpha value is -1.85. The topological polar surface area (TPSA) is 65.0 Å². The van der Waals surface area contributed by atoms with E-state index in [1.54, 1.807) is 19.2 Å². The van der Waals surface area contributed by atoms with E-state index in [1.807, 2.05) is 6.07 Å². The van der Waals surface area contributed by atoms with Crippen molar-refractivity contribution in [2.24, 2.45) is 0 Å². The second kappa shape index (κ2) is 6.36. The lowest BCUT2D eigenvalue weighted by Crippen LogP contribution is -2.35. The molecule has 0 radical (unpaired) electrons. The van der Waals surface area contributed by atoms with Crippen LogP contribution in [0, 0.1) is 0 Å². The summed E-state index contributed by atoms with van der Waals surface area (Å²) in [5, 5.41) is 8.61. The third-order valence-electron chi connectivity index (χ3n) is 2.80. The van der Waals surface area contributed by atoms with E-state index in [4.69, 9.17) is 19.3 Å². The van der Waals surface area contributed by atoms with Crippen LogP contribution in [-0.4, -0.2) is 37.5 Å². The Balaban J connectivity index is 2.08. The first-order chi connectivity index (χ1) is 9.19. The summed E-state index contributed by atoms with van der Waals surface area (Å²) in [7, 11) is 1.60. The fourth-order valence-corrected chi connectivity index (χ4v) is 1.70. The van der Waals surface area contributed by atoms with Crippen LogP contribution in [0.2, 0.25) is 0 Å². The van der Waals surface area contributed by atoms with Gasteiger partial charge >= 0.3 is 5.97 Å². The maximum atomic E-state index is 10.5. The minimum absolute atomic E-state index is 0.142. The van der Waals surface area contributed by atoms with Gasteiger partial charge in [-0.05, 0) is 23.8 Å². The summed E-state index contributed by atoms with van der Waals surface area (Å²) >= 11 is 0. The van der Waals surface area contributed by atoms with E-state index in [1.165, 1.54) is 6.08 Å². The lowest BCUT2D eigenvalue weighted by atomic mass is 10.1. The number of carboxylic acid groups (broad SMARTS) is 1. The molecule has 1 aliphatic heterocycles. The maximum Gasteiger partial charge on any atom is 0.328 e. The van der Waals surface area contributed by atoms with Crippen molar-refractivity contribution in [3.63, 3.8) is 0 Å². The minimum atomic E-state index is -0.972. The van der Waals surface area contributed by atoms with E-state index in [-0.39, 0.29) is 6.10 Å². The molecule has 1 aliphatic rings. The molecule has 1 heterocycles. The van der Waals surface area contributed by atoms with E-state index < -0.39 is 5.97 Å². The van der Waals surface area contributed by atoms with Crippen LogP contribution in [0.1, 0.15) is 11.1 Å². The highest BCUT2D eigenvalue weighted by Gasteiger charge is 2.19. The number of aliphatic carboxylic acids is 1. The average molecular weight is 264 g/mol. The normalized spacial score (nSPS) is 15.4. The van der Waals surface area contributed by atoms with Gasteiger partial charge in [0.1, 0.15) is 11.9 Å². The molecular formula is C14H16O5. The summed E-state index contributed by atoms with van der Waals surface area (Å²) in [6.07, 6.45) is 2.78. The largest absolute Gasteiger partial charge is 0.496 e. The van der Waals surface area contributed by atoms with Gasteiger partial charge in [0.25, 0.3) is 0 Å². The number of ether oxygens (including phenoxy) is 3. The molecule has 19 heavy (non-hydrogen) atoms. The fraction of sp³-hybridized carbons (Fsp3) is 0.357. The standard InChI is InChI=1S/C14H16O5/c1-17-13-4-2-10(3-5-14(15)16)6-11(13)7-19-12-8-18-9-12/h2-6,12H,7-9H2,1H3,(H,15,16)/b5-3+. The summed E-state index contributed by atoms with van der Waals surface area (Å²) in [5.74, 6) is -0.243. The zero-order valence-corrected chi connectivity index (χ0v) is 10.7. The van der Waals surface area contributed by atoms with Crippen molar-refractivity contribution in [2.75, 3.05) is 20.3 Å². The molecule has 5 nitrogen and oxygen atoms in total. The Bertz CT molecular complexity index is 477. The van der Waals surface area contributed by atoms with E-state index in [0.29, 0.717) is 19.8 Å². The molecule has 1 aromatic rings. The highest BCUT2D eigenvalue weighted by Crippen LogP contribution is 2.22. The van der Waals surface area contributed by atoms with Crippen LogP contribution in [0.15, 0.2) is 24.3 Å². The van der Waals surface area contributed by atoms with Crippen LogP contribution in [0.3, 0.4) is 0 Å². The number of hydrogen-bond donors (Lipinski definition) is 1. The number of rotatable bonds is 6. The van der Waals surface area contributed by atoms with E-state index >= 15 is 0 Å². The van der Waals surface area contributed by atoms with Gasteiger partial charge in [0.2, 0.25) is 0 Å². The van der Waals surface area contributed by atoms with E-state index in [2.05, 4.69) is 0 Å². The van der Waals surface area contributed by atoms with Crippen LogP contribution in [-0.2, 0) is 20.9 Å². The van der Waals surface area contributed by atoms with Crippen LogP contribution >= 0.6 is 0 Å². The zero-order valence-electron chi connectivity index (χ0n) is 10.7. The lowest BCUT2D eigenvalue weighted by Gasteiger charge is -2.26. The van der Waals surface area contributed by atoms with Gasteiger partial charge in [0.15, 0.2) is 0 Å². The molecule has 0 bridgehead atoms. The molecule has 0 unspecified atom stereocenters. The number of carboxylic acids is 1. The summed E-state index contributed by atoms with van der Waals surface area (Å²) in [6, 6.07) is 5.46. The van der Waals surface area contributed by atoms with Crippen LogP contribution < -0.4 is 4.74 Å².